The predicted molar refractivity (Wildman–Crippen MR) is 277 cm³/mol. The number of piperazine rings is 1. The summed E-state index contributed by atoms with van der Waals surface area (Å²) in [5.74, 6) is -5.64. The molecular formula is C55H78N6O12. The fourth-order valence-corrected chi connectivity index (χ4v) is 10.6. The van der Waals surface area contributed by atoms with Crippen LogP contribution in [0.5, 0.6) is 17.2 Å². The van der Waals surface area contributed by atoms with E-state index >= 15 is 0 Å². The molecule has 7 atom stereocenters. The number of aliphatic hydroxyl groups excluding tert-OH is 3. The van der Waals surface area contributed by atoms with Crippen molar-refractivity contribution in [3.8, 4) is 30.1 Å². The lowest BCUT2D eigenvalue weighted by molar-refractivity contribution is -0.161. The standard InChI is InChI=1S/C52H72N6O11.C2H2.CH4O/c1-29(2)28-57-17-15-52(16-18-57)54-41-38-39-45(63)35(8)48-40(38)49(65)51(9,69-48)67-25-11-14-31(4)47(68-37(61)27-36(60)58-21-19-56(20-22-58)23-24-59)34(7)44(62)33(6)26-30(3)12-10-13-32(5)50(66)53-43(46(39)64)42(41)55-52;2*1-2/h10-13,25,29-31,33-34,44,47,59,62-64H,14-24,26-28H2,1-9H3,(H,53,66);1-2H;2H,1H3/b12-10+,25-11+,32-13-;;/t30?,31-,33-,34-,44?,47?,51?;;/m1../s1. The number of fused-ring (bicyclic) bond motifs is 13. The molecule has 0 radical (unpaired) electrons. The monoisotopic (exact) mass is 1010 g/mol. The van der Waals surface area contributed by atoms with Crippen LogP contribution in [0.2, 0.25) is 0 Å². The van der Waals surface area contributed by atoms with Gasteiger partial charge in [0.15, 0.2) is 11.4 Å². The molecule has 6 N–H and O–H groups in total. The second-order valence-corrected chi connectivity index (χ2v) is 20.6. The molecule has 2 aromatic carbocycles. The lowest BCUT2D eigenvalue weighted by Crippen LogP contribution is -2.50. The highest BCUT2D eigenvalue weighted by Crippen LogP contribution is 2.50. The number of aliphatic hydroxyl groups is 3. The van der Waals surface area contributed by atoms with Gasteiger partial charge in [0.2, 0.25) is 5.91 Å². The minimum absolute atomic E-state index is 0.0229. The minimum atomic E-state index is -1.92. The van der Waals surface area contributed by atoms with Gasteiger partial charge in [-0.05, 0) is 56.4 Å². The predicted octanol–water partition coefficient (Wildman–Crippen LogP) is 4.52. The summed E-state index contributed by atoms with van der Waals surface area (Å²) in [6.07, 6.45) is 16.1. The van der Waals surface area contributed by atoms with E-state index in [0.717, 1.165) is 13.7 Å². The molecule has 73 heavy (non-hydrogen) atoms. The van der Waals surface area contributed by atoms with Gasteiger partial charge in [-0.25, -0.2) is 0 Å². The molecule has 4 unspecified atom stereocenters. The lowest BCUT2D eigenvalue weighted by Gasteiger charge is -2.36. The third-order valence-electron chi connectivity index (χ3n) is 14.6. The Morgan fingerprint density at radius 3 is 2.21 bits per heavy atom. The van der Waals surface area contributed by atoms with Crippen molar-refractivity contribution in [2.75, 3.05) is 71.4 Å². The highest BCUT2D eigenvalue weighted by Gasteiger charge is 2.50. The quantitative estimate of drug-likeness (QED) is 0.0968. The fraction of sp³-hybridized carbons (Fsp3) is 0.600. The number of allylic oxidation sites excluding steroid dienone is 4. The number of rotatable bonds is 7. The summed E-state index contributed by atoms with van der Waals surface area (Å²) < 4.78 is 18.6. The highest BCUT2D eigenvalue weighted by atomic mass is 16.7. The Kier molecular flexibility index (Phi) is 19.8. The summed E-state index contributed by atoms with van der Waals surface area (Å²) in [7, 11) is 1.00. The Balaban J connectivity index is 0.00000241. The number of terminal acetylenes is 1. The second kappa shape index (κ2) is 24.9. The Morgan fingerprint density at radius 2 is 1.58 bits per heavy atom. The number of amides is 2. The average Bonchev–Trinajstić information content (AvgIpc) is 3.87. The number of esters is 1. The molecule has 18 nitrogen and oxygen atoms in total. The van der Waals surface area contributed by atoms with Crippen molar-refractivity contribution in [3.05, 3.63) is 58.0 Å². The third-order valence-corrected chi connectivity index (χ3v) is 14.6. The number of nitrogens with one attached hydrogen (secondary N) is 1. The fourth-order valence-electron chi connectivity index (χ4n) is 10.6. The van der Waals surface area contributed by atoms with Crippen molar-refractivity contribution in [2.24, 2.45) is 39.6 Å². The van der Waals surface area contributed by atoms with Crippen molar-refractivity contribution in [1.82, 2.24) is 14.7 Å². The maximum Gasteiger partial charge on any atom is 0.315 e. The summed E-state index contributed by atoms with van der Waals surface area (Å²) in [5, 5.41) is 55.6. The molecule has 400 valence electrons. The summed E-state index contributed by atoms with van der Waals surface area (Å²) in [5.41, 5.74) is -0.429. The van der Waals surface area contributed by atoms with E-state index in [0.29, 0.717) is 76.6 Å². The van der Waals surface area contributed by atoms with Gasteiger partial charge >= 0.3 is 11.8 Å². The van der Waals surface area contributed by atoms with Gasteiger partial charge in [-0.15, -0.1) is 12.8 Å². The lowest BCUT2D eigenvalue weighted by atomic mass is 9.80. The van der Waals surface area contributed by atoms with Crippen LogP contribution >= 0.6 is 0 Å². The number of nitrogens with zero attached hydrogens (tertiary/aromatic N) is 5. The van der Waals surface area contributed by atoms with Gasteiger partial charge in [-0.3, -0.25) is 34.1 Å². The summed E-state index contributed by atoms with van der Waals surface area (Å²) in [6, 6.07) is 0. The first kappa shape index (κ1) is 58.1. The van der Waals surface area contributed by atoms with Crippen molar-refractivity contribution in [3.63, 3.8) is 0 Å². The van der Waals surface area contributed by atoms with Gasteiger partial charge in [-0.2, -0.15) is 0 Å². The number of benzene rings is 2. The number of β-amino-alcohol motifs (C(OH)–C–C–N with tert-alkyl or cyclic N) is 1. The molecule has 0 aliphatic carbocycles. The molecule has 2 aromatic rings. The van der Waals surface area contributed by atoms with Crippen molar-refractivity contribution in [2.45, 2.75) is 118 Å². The molecular weight excluding hydrogens is 937 g/mol. The van der Waals surface area contributed by atoms with E-state index in [1.54, 1.807) is 37.0 Å². The van der Waals surface area contributed by atoms with Crippen LogP contribution in [0.25, 0.3) is 10.8 Å². The number of hydrogen-bond donors (Lipinski definition) is 6. The first-order valence-corrected chi connectivity index (χ1v) is 25.4. The number of piperidine rings is 1. The smallest absolute Gasteiger partial charge is 0.315 e. The van der Waals surface area contributed by atoms with E-state index in [1.807, 2.05) is 33.8 Å². The van der Waals surface area contributed by atoms with Gasteiger partial charge in [-0.1, -0.05) is 59.8 Å². The Hall–Kier alpha value is -5.84. The Bertz CT molecular complexity index is 2590. The number of aromatic hydroxyl groups is 2. The van der Waals surface area contributed by atoms with E-state index in [2.05, 4.69) is 41.8 Å². The number of ketones is 1. The zero-order chi connectivity index (χ0) is 54.1. The minimum Gasteiger partial charge on any atom is -0.507 e. The van der Waals surface area contributed by atoms with E-state index in [1.165, 1.54) is 13.2 Å². The summed E-state index contributed by atoms with van der Waals surface area (Å²) >= 11 is 0. The maximum absolute atomic E-state index is 14.8. The van der Waals surface area contributed by atoms with Gasteiger partial charge in [0.05, 0.1) is 35.3 Å². The van der Waals surface area contributed by atoms with Crippen LogP contribution in [-0.4, -0.2) is 154 Å². The van der Waals surface area contributed by atoms with Crippen LogP contribution in [0.4, 0.5) is 5.69 Å². The molecule has 6 aliphatic rings. The first-order valence-electron chi connectivity index (χ1n) is 25.4. The van der Waals surface area contributed by atoms with Crippen molar-refractivity contribution < 1.29 is 58.9 Å². The molecule has 1 spiro atoms. The van der Waals surface area contributed by atoms with Crippen LogP contribution in [0, 0.1) is 49.4 Å². The van der Waals surface area contributed by atoms with Crippen molar-refractivity contribution >= 4 is 40.0 Å². The number of ether oxygens (including phenoxy) is 3. The molecule has 2 amide bonds. The summed E-state index contributed by atoms with van der Waals surface area (Å²) in [4.78, 5) is 72.0. The number of carbonyl (C=O) groups is 4. The molecule has 8 rings (SSSR count). The van der Waals surface area contributed by atoms with Gasteiger partial charge < -0.3 is 54.9 Å². The van der Waals surface area contributed by atoms with Crippen LogP contribution in [0.15, 0.2) is 46.1 Å². The van der Waals surface area contributed by atoms with Gasteiger partial charge in [0.25, 0.3) is 11.7 Å². The molecule has 6 aliphatic heterocycles. The number of phenols is 2. The number of phenolic OH excluding ortho intramolecular Hbond substituents is 2. The molecule has 5 bridgehead atoms. The largest absolute Gasteiger partial charge is 0.507 e. The SMILES string of the molecule is C#C.C/C1=C/C=C/C(C)C[C@@H](C)C(O)[C@@H](C)C(OC(=O)CC(=O)N2CCN(CCO)CC2)[C@H](C)C/C=C/OC2(C)Oc3c(C)c(O)c4c(O)c(c5c(c4c3C2=O)=NC2(CCN(CC(C)C)CC2)N=5)NC1=O.CO. The second-order valence-electron chi connectivity index (χ2n) is 20.6. The molecule has 0 aromatic heterocycles. The third kappa shape index (κ3) is 12.7. The van der Waals surface area contributed by atoms with Gasteiger partial charge in [0.1, 0.15) is 35.1 Å². The van der Waals surface area contributed by atoms with Crippen LogP contribution in [-0.2, 0) is 23.9 Å². The Labute approximate surface area is 429 Å². The van der Waals surface area contributed by atoms with E-state index < -0.39 is 65.3 Å². The van der Waals surface area contributed by atoms with E-state index in [-0.39, 0.29) is 80.6 Å². The molecule has 2 saturated heterocycles. The zero-order valence-electron chi connectivity index (χ0n) is 44.3. The molecule has 6 heterocycles. The summed E-state index contributed by atoms with van der Waals surface area (Å²) in [6.45, 7) is 21.6. The average molecular weight is 1020 g/mol. The van der Waals surface area contributed by atoms with E-state index in [4.69, 9.17) is 29.3 Å². The highest BCUT2D eigenvalue weighted by molar-refractivity contribution is 6.19. The molecule has 2 fully saturated rings. The maximum atomic E-state index is 14.8. The molecule has 18 heteroatoms. The number of carbonyl (C=O) groups excluding carboxylic acids is 4. The number of anilines is 1. The number of Topliss-reactive ketones (excluding diaryl/α,β-unsaturated/α-hetero) is 1. The topological polar surface area (TPSA) is 244 Å². The first-order chi connectivity index (χ1) is 34.7. The van der Waals surface area contributed by atoms with Crippen molar-refractivity contribution in [1.29, 1.82) is 0 Å². The molecule has 0 saturated carbocycles. The van der Waals surface area contributed by atoms with Gasteiger partial charge in [0, 0.05) is 102 Å². The van der Waals surface area contributed by atoms with E-state index in [9.17, 15) is 39.6 Å². The normalized spacial score (nSPS) is 28.2. The zero-order valence-corrected chi connectivity index (χ0v) is 44.3. The Morgan fingerprint density at radius 1 is 0.932 bits per heavy atom. The van der Waals surface area contributed by atoms with Crippen LogP contribution in [0.1, 0.15) is 103 Å². The van der Waals surface area contributed by atoms with Crippen LogP contribution in [0.3, 0.4) is 0 Å². The number of likely N-dealkylation sites (tertiary alicyclic amines) is 1. The number of hydrogen-bond acceptors (Lipinski definition) is 16. The van der Waals surface area contributed by atoms with Crippen LogP contribution < -0.4 is 20.8 Å².